The highest BCUT2D eigenvalue weighted by Crippen LogP contribution is 2.33. The highest BCUT2D eigenvalue weighted by atomic mass is 19.1. The van der Waals surface area contributed by atoms with Crippen molar-refractivity contribution in [2.24, 2.45) is 7.05 Å². The van der Waals surface area contributed by atoms with Crippen molar-refractivity contribution in [2.45, 2.75) is 44.8 Å². The van der Waals surface area contributed by atoms with Crippen LogP contribution in [0.2, 0.25) is 0 Å². The van der Waals surface area contributed by atoms with Gasteiger partial charge in [0.1, 0.15) is 29.1 Å². The van der Waals surface area contributed by atoms with E-state index in [2.05, 4.69) is 9.97 Å². The lowest BCUT2D eigenvalue weighted by Crippen LogP contribution is -2.60. The van der Waals surface area contributed by atoms with Crippen LogP contribution in [0.3, 0.4) is 0 Å². The van der Waals surface area contributed by atoms with E-state index in [1.165, 1.54) is 28.8 Å². The summed E-state index contributed by atoms with van der Waals surface area (Å²) in [5, 5.41) is 19.5. The molecule has 1 aromatic carbocycles. The zero-order valence-corrected chi connectivity index (χ0v) is 19.8. The van der Waals surface area contributed by atoms with Crippen molar-refractivity contribution in [1.82, 2.24) is 19.4 Å². The van der Waals surface area contributed by atoms with Gasteiger partial charge in [0.05, 0.1) is 5.52 Å². The molecular weight excluding hydrogens is 451 g/mol. The Balaban J connectivity index is 1.79. The number of benzene rings is 1. The maximum absolute atomic E-state index is 13.5. The monoisotopic (exact) mass is 478 g/mol. The molecule has 182 valence electrons. The highest BCUT2D eigenvalue weighted by Gasteiger charge is 2.40. The van der Waals surface area contributed by atoms with Crippen molar-refractivity contribution in [1.29, 1.82) is 5.26 Å². The fourth-order valence-corrected chi connectivity index (χ4v) is 4.85. The number of carboxylic acids is 1. The van der Waals surface area contributed by atoms with Crippen LogP contribution in [0, 0.1) is 17.1 Å². The van der Waals surface area contributed by atoms with Crippen LogP contribution in [-0.2, 0) is 11.8 Å². The van der Waals surface area contributed by atoms with Crippen molar-refractivity contribution in [3.05, 3.63) is 64.0 Å². The van der Waals surface area contributed by atoms with E-state index in [0.717, 1.165) is 0 Å². The largest absolute Gasteiger partial charge is 0.480 e. The number of anilines is 1. The summed E-state index contributed by atoms with van der Waals surface area (Å²) in [5.74, 6) is -1.02. The smallest absolute Gasteiger partial charge is 0.349 e. The minimum Gasteiger partial charge on any atom is -0.480 e. The van der Waals surface area contributed by atoms with Crippen LogP contribution < -0.4 is 10.6 Å². The number of nitriles is 1. The van der Waals surface area contributed by atoms with Gasteiger partial charge in [0.25, 0.3) is 0 Å². The lowest BCUT2D eigenvalue weighted by molar-refractivity contribution is -0.145. The summed E-state index contributed by atoms with van der Waals surface area (Å²) in [4.78, 5) is 37.8. The molecule has 3 aromatic rings. The Morgan fingerprint density at radius 3 is 2.43 bits per heavy atom. The molecule has 35 heavy (non-hydrogen) atoms. The second kappa shape index (κ2) is 9.80. The molecule has 10 heteroatoms. The first-order valence-electron chi connectivity index (χ1n) is 11.6. The molecule has 1 fully saturated rings. The lowest BCUT2D eigenvalue weighted by Gasteiger charge is -2.48. The van der Waals surface area contributed by atoms with E-state index in [0.29, 0.717) is 48.3 Å². The van der Waals surface area contributed by atoms with Gasteiger partial charge in [0.15, 0.2) is 5.82 Å². The maximum Gasteiger partial charge on any atom is 0.349 e. The van der Waals surface area contributed by atoms with Gasteiger partial charge in [0.2, 0.25) is 0 Å². The van der Waals surface area contributed by atoms with Gasteiger partial charge < -0.3 is 10.0 Å². The molecule has 0 spiro atoms. The minimum atomic E-state index is -1.00. The van der Waals surface area contributed by atoms with Gasteiger partial charge in [0, 0.05) is 32.2 Å². The molecule has 0 aliphatic carbocycles. The first-order valence-corrected chi connectivity index (χ1v) is 11.6. The first kappa shape index (κ1) is 24.3. The summed E-state index contributed by atoms with van der Waals surface area (Å²) in [6.07, 6.45) is 1.32. The fraction of sp³-hybridized carbons (Fsp3) is 0.400. The number of hydrogen-bond acceptors (Lipinski definition) is 7. The van der Waals surface area contributed by atoms with Crippen LogP contribution in [-0.4, -0.2) is 55.7 Å². The Morgan fingerprint density at radius 1 is 1.14 bits per heavy atom. The number of aryl methyl sites for hydroxylation is 1. The van der Waals surface area contributed by atoms with Crippen LogP contribution >= 0.6 is 0 Å². The Bertz CT molecular complexity index is 1350. The van der Waals surface area contributed by atoms with Crippen molar-refractivity contribution >= 4 is 22.8 Å². The lowest BCUT2D eigenvalue weighted by atomic mass is 9.96. The number of pyridine rings is 1. The van der Waals surface area contributed by atoms with E-state index >= 15 is 0 Å². The van der Waals surface area contributed by atoms with Crippen LogP contribution in [0.25, 0.3) is 11.0 Å². The number of rotatable bonds is 6. The molecule has 1 aliphatic heterocycles. The van der Waals surface area contributed by atoms with Gasteiger partial charge in [-0.05, 0) is 42.7 Å². The molecule has 4 rings (SSSR count). The molecular formula is C25H27FN6O3. The summed E-state index contributed by atoms with van der Waals surface area (Å²) < 4.78 is 14.9. The third-order valence-electron chi connectivity index (χ3n) is 6.75. The number of hydrogen-bond donors (Lipinski definition) is 1. The number of carboxylic acid groups (broad SMARTS) is 1. The van der Waals surface area contributed by atoms with Crippen LogP contribution in [0.15, 0.2) is 41.2 Å². The average molecular weight is 479 g/mol. The fourth-order valence-electron chi connectivity index (χ4n) is 4.85. The molecule has 9 nitrogen and oxygen atoms in total. The summed E-state index contributed by atoms with van der Waals surface area (Å²) in [7, 11) is 1.61. The van der Waals surface area contributed by atoms with Gasteiger partial charge in [-0.1, -0.05) is 26.0 Å². The van der Waals surface area contributed by atoms with E-state index < -0.39 is 23.5 Å². The second-order valence-electron chi connectivity index (χ2n) is 8.72. The Hall–Kier alpha value is -3.84. The SMILES string of the molecule is CC[C@H]1CN(C(C(=O)O)c2ccc(F)cc2)[C@H](CC)CN1c1nc(=O)n(C)c2ccc(C#N)nc12. The highest BCUT2D eigenvalue weighted by molar-refractivity contribution is 5.86. The molecule has 1 unspecified atom stereocenters. The molecule has 1 aliphatic rings. The molecule has 0 bridgehead atoms. The number of fused-ring (bicyclic) bond motifs is 1. The molecule has 3 atom stereocenters. The number of halogens is 1. The van der Waals surface area contributed by atoms with Gasteiger partial charge in [-0.15, -0.1) is 0 Å². The van der Waals surface area contributed by atoms with Crippen molar-refractivity contribution in [3.8, 4) is 6.07 Å². The maximum atomic E-state index is 13.5. The average Bonchev–Trinajstić information content (AvgIpc) is 2.86. The number of carbonyl (C=O) groups is 1. The standard InChI is InChI=1S/C25H27FN6O3/c1-4-18-14-32(23-21-20(30(3)25(35)29-23)11-10-17(12-27)28-21)19(5-2)13-31(18)22(24(33)34)15-6-8-16(26)9-7-15/h6-11,18-19,22H,4-5,13-14H2,1-3H3,(H,33,34)/t18-,19+,22?/m1/s1. The summed E-state index contributed by atoms with van der Waals surface area (Å²) in [6, 6.07) is 9.59. The van der Waals surface area contributed by atoms with Crippen LogP contribution in [0.5, 0.6) is 0 Å². The summed E-state index contributed by atoms with van der Waals surface area (Å²) >= 11 is 0. The van der Waals surface area contributed by atoms with Crippen LogP contribution in [0.1, 0.15) is 44.0 Å². The second-order valence-corrected chi connectivity index (χ2v) is 8.72. The Kier molecular flexibility index (Phi) is 6.80. The third kappa shape index (κ3) is 4.47. The van der Waals surface area contributed by atoms with E-state index in [1.54, 1.807) is 19.2 Å². The minimum absolute atomic E-state index is 0.157. The topological polar surface area (TPSA) is 115 Å². The number of piperazine rings is 1. The van der Waals surface area contributed by atoms with E-state index in [9.17, 15) is 24.3 Å². The molecule has 1 N–H and O–H groups in total. The van der Waals surface area contributed by atoms with Gasteiger partial charge in [-0.25, -0.2) is 14.2 Å². The predicted molar refractivity (Wildman–Crippen MR) is 128 cm³/mol. The molecule has 2 aromatic heterocycles. The zero-order chi connectivity index (χ0) is 25.3. The van der Waals surface area contributed by atoms with Crippen LogP contribution in [0.4, 0.5) is 10.2 Å². The van der Waals surface area contributed by atoms with Gasteiger partial charge in [-0.3, -0.25) is 14.3 Å². The Labute approximate surface area is 202 Å². The van der Waals surface area contributed by atoms with Crippen molar-refractivity contribution < 1.29 is 14.3 Å². The molecule has 0 saturated carbocycles. The number of aliphatic carboxylic acids is 1. The number of aromatic nitrogens is 3. The van der Waals surface area contributed by atoms with E-state index in [1.807, 2.05) is 29.7 Å². The van der Waals surface area contributed by atoms with Crippen molar-refractivity contribution in [3.63, 3.8) is 0 Å². The normalized spacial score (nSPS) is 19.5. The quantitative estimate of drug-likeness (QED) is 0.575. The summed E-state index contributed by atoms with van der Waals surface area (Å²) in [6.45, 7) is 4.80. The number of nitrogens with zero attached hydrogens (tertiary/aromatic N) is 6. The van der Waals surface area contributed by atoms with E-state index in [4.69, 9.17) is 0 Å². The Morgan fingerprint density at radius 2 is 1.83 bits per heavy atom. The molecule has 3 heterocycles. The van der Waals surface area contributed by atoms with E-state index in [-0.39, 0.29) is 17.8 Å². The molecule has 1 saturated heterocycles. The van der Waals surface area contributed by atoms with Crippen molar-refractivity contribution in [2.75, 3.05) is 18.0 Å². The predicted octanol–water partition coefficient (Wildman–Crippen LogP) is 2.84. The first-order chi connectivity index (χ1) is 16.8. The summed E-state index contributed by atoms with van der Waals surface area (Å²) in [5.41, 5.74) is 1.33. The van der Waals surface area contributed by atoms with Gasteiger partial charge in [-0.2, -0.15) is 10.2 Å². The zero-order valence-electron chi connectivity index (χ0n) is 19.8. The molecule has 0 radical (unpaired) electrons. The van der Waals surface area contributed by atoms with Gasteiger partial charge >= 0.3 is 11.7 Å². The third-order valence-corrected chi connectivity index (χ3v) is 6.75. The molecule has 0 amide bonds.